The second kappa shape index (κ2) is 8.16. The molecule has 1 amide bonds. The molecule has 4 rings (SSSR count). The Balaban J connectivity index is 1.55. The molecule has 1 saturated carbocycles. The summed E-state index contributed by atoms with van der Waals surface area (Å²) in [6.07, 6.45) is 0.350. The van der Waals surface area contributed by atoms with Crippen molar-refractivity contribution in [2.45, 2.75) is 50.4 Å². The maximum Gasteiger partial charge on any atom is 0.422 e. The number of amides is 1. The monoisotopic (exact) mass is 419 g/mol. The Labute approximate surface area is 173 Å². The second-order valence-corrected chi connectivity index (χ2v) is 7.93. The smallest absolute Gasteiger partial charge is 0.422 e. The minimum atomic E-state index is -4.40. The zero-order valence-electron chi connectivity index (χ0n) is 16.7. The van der Waals surface area contributed by atoms with Crippen LogP contribution in [0.15, 0.2) is 42.6 Å². The van der Waals surface area contributed by atoms with Crippen LogP contribution in [-0.4, -0.2) is 36.3 Å². The van der Waals surface area contributed by atoms with Gasteiger partial charge < -0.3 is 15.0 Å². The maximum absolute atomic E-state index is 12.3. The van der Waals surface area contributed by atoms with Crippen LogP contribution in [0.4, 0.5) is 18.9 Å². The fraction of sp³-hybridized carbons (Fsp3) is 0.455. The first-order chi connectivity index (χ1) is 14.3. The number of pyridine rings is 1. The molecule has 160 valence electrons. The van der Waals surface area contributed by atoms with Gasteiger partial charge in [-0.2, -0.15) is 13.2 Å². The first-order valence-corrected chi connectivity index (χ1v) is 10.1. The summed E-state index contributed by atoms with van der Waals surface area (Å²) in [6.45, 7) is 0.832. The van der Waals surface area contributed by atoms with Gasteiger partial charge in [-0.3, -0.25) is 4.79 Å². The van der Waals surface area contributed by atoms with Crippen LogP contribution < -0.4 is 15.0 Å². The normalized spacial score (nSPS) is 21.5. The summed E-state index contributed by atoms with van der Waals surface area (Å²) in [4.78, 5) is 17.9. The molecule has 1 aromatic heterocycles. The Morgan fingerprint density at radius 2 is 1.83 bits per heavy atom. The number of carbonyl (C=O) groups excluding carboxylic acids is 1. The second-order valence-electron chi connectivity index (χ2n) is 7.93. The number of carbonyl (C=O) groups is 1. The van der Waals surface area contributed by atoms with E-state index in [0.717, 1.165) is 17.7 Å². The summed E-state index contributed by atoms with van der Waals surface area (Å²) in [5, 5.41) is 3.04. The Morgan fingerprint density at radius 3 is 2.40 bits per heavy atom. The SMILES string of the molecule is CC(=O)N[C@@H]1CCN(c2ccc(OCC(F)(F)F)nc2)[C@@H]1c1ccc(C2CC2)cc1. The summed E-state index contributed by atoms with van der Waals surface area (Å²) in [5.74, 6) is 0.507. The third kappa shape index (κ3) is 4.86. The number of ether oxygens (including phenoxy) is 1. The molecule has 2 atom stereocenters. The molecule has 0 unspecified atom stereocenters. The van der Waals surface area contributed by atoms with Gasteiger partial charge in [0.05, 0.1) is 24.0 Å². The zero-order chi connectivity index (χ0) is 21.3. The average Bonchev–Trinajstić information content (AvgIpc) is 3.47. The largest absolute Gasteiger partial charge is 0.468 e. The van der Waals surface area contributed by atoms with Crippen molar-refractivity contribution >= 4 is 11.6 Å². The van der Waals surface area contributed by atoms with E-state index in [2.05, 4.69) is 39.5 Å². The van der Waals surface area contributed by atoms with Crippen molar-refractivity contribution in [3.05, 3.63) is 53.7 Å². The topological polar surface area (TPSA) is 54.5 Å². The minimum Gasteiger partial charge on any atom is -0.468 e. The molecule has 0 radical (unpaired) electrons. The van der Waals surface area contributed by atoms with E-state index in [0.29, 0.717) is 12.5 Å². The number of alkyl halides is 3. The Kier molecular flexibility index (Phi) is 5.58. The van der Waals surface area contributed by atoms with Gasteiger partial charge in [0.1, 0.15) is 0 Å². The number of hydrogen-bond acceptors (Lipinski definition) is 4. The molecule has 1 N–H and O–H groups in total. The van der Waals surface area contributed by atoms with Gasteiger partial charge in [-0.1, -0.05) is 24.3 Å². The van der Waals surface area contributed by atoms with E-state index in [4.69, 9.17) is 4.74 Å². The first kappa shape index (κ1) is 20.5. The molecule has 2 fully saturated rings. The van der Waals surface area contributed by atoms with Crippen LogP contribution in [0.1, 0.15) is 49.3 Å². The molecule has 2 aliphatic rings. The van der Waals surface area contributed by atoms with Crippen molar-refractivity contribution in [2.24, 2.45) is 0 Å². The molecule has 5 nitrogen and oxygen atoms in total. The summed E-state index contributed by atoms with van der Waals surface area (Å²) >= 11 is 0. The van der Waals surface area contributed by atoms with Gasteiger partial charge in [-0.15, -0.1) is 0 Å². The molecular formula is C22H24F3N3O2. The Morgan fingerprint density at radius 1 is 1.13 bits per heavy atom. The quantitative estimate of drug-likeness (QED) is 0.756. The first-order valence-electron chi connectivity index (χ1n) is 10.1. The van der Waals surface area contributed by atoms with E-state index in [9.17, 15) is 18.0 Å². The van der Waals surface area contributed by atoms with Crippen molar-refractivity contribution < 1.29 is 22.7 Å². The van der Waals surface area contributed by atoms with Gasteiger partial charge in [-0.05, 0) is 42.4 Å². The van der Waals surface area contributed by atoms with Crippen LogP contribution >= 0.6 is 0 Å². The van der Waals surface area contributed by atoms with Crippen LogP contribution in [0.25, 0.3) is 0 Å². The van der Waals surface area contributed by atoms with E-state index < -0.39 is 12.8 Å². The third-order valence-electron chi connectivity index (χ3n) is 5.55. The zero-order valence-corrected chi connectivity index (χ0v) is 16.7. The average molecular weight is 419 g/mol. The molecule has 1 saturated heterocycles. The Hall–Kier alpha value is -2.77. The van der Waals surface area contributed by atoms with Gasteiger partial charge in [-0.25, -0.2) is 4.98 Å². The highest BCUT2D eigenvalue weighted by Gasteiger charge is 2.36. The third-order valence-corrected chi connectivity index (χ3v) is 5.55. The van der Waals surface area contributed by atoms with E-state index in [-0.39, 0.29) is 23.9 Å². The van der Waals surface area contributed by atoms with E-state index >= 15 is 0 Å². The number of anilines is 1. The number of halogens is 3. The van der Waals surface area contributed by atoms with Gasteiger partial charge in [0.25, 0.3) is 0 Å². The van der Waals surface area contributed by atoms with E-state index in [1.165, 1.54) is 37.6 Å². The van der Waals surface area contributed by atoms with Gasteiger partial charge >= 0.3 is 6.18 Å². The molecule has 8 heteroatoms. The van der Waals surface area contributed by atoms with Gasteiger partial charge in [0, 0.05) is 19.5 Å². The highest BCUT2D eigenvalue weighted by molar-refractivity contribution is 5.73. The highest BCUT2D eigenvalue weighted by Crippen LogP contribution is 2.42. The fourth-order valence-corrected chi connectivity index (χ4v) is 4.07. The van der Waals surface area contributed by atoms with Crippen molar-refractivity contribution in [3.63, 3.8) is 0 Å². The lowest BCUT2D eigenvalue weighted by molar-refractivity contribution is -0.154. The van der Waals surface area contributed by atoms with Gasteiger partial charge in [0.2, 0.25) is 11.8 Å². The molecule has 0 bridgehead atoms. The fourth-order valence-electron chi connectivity index (χ4n) is 4.07. The molecule has 1 aromatic carbocycles. The number of rotatable bonds is 6. The summed E-state index contributed by atoms with van der Waals surface area (Å²) in [5.41, 5.74) is 3.21. The van der Waals surface area contributed by atoms with Crippen LogP contribution in [0, 0.1) is 0 Å². The molecule has 30 heavy (non-hydrogen) atoms. The molecule has 1 aliphatic heterocycles. The van der Waals surface area contributed by atoms with E-state index in [1.54, 1.807) is 6.07 Å². The standard InChI is InChI=1S/C22H24F3N3O2/c1-14(29)27-19-10-11-28(18-8-9-20(26-12-18)30-13-22(23,24)25)21(19)17-6-4-16(5-7-17)15-2-3-15/h4-9,12,15,19,21H,2-3,10-11,13H2,1H3,(H,27,29)/t19-,21-/m1/s1. The number of aromatic nitrogens is 1. The molecule has 2 heterocycles. The molecule has 0 spiro atoms. The molecular weight excluding hydrogens is 395 g/mol. The number of nitrogens with one attached hydrogen (secondary N) is 1. The highest BCUT2D eigenvalue weighted by atomic mass is 19.4. The van der Waals surface area contributed by atoms with Crippen molar-refractivity contribution in [1.82, 2.24) is 10.3 Å². The van der Waals surface area contributed by atoms with Crippen LogP contribution in [0.3, 0.4) is 0 Å². The van der Waals surface area contributed by atoms with Crippen molar-refractivity contribution in [2.75, 3.05) is 18.1 Å². The van der Waals surface area contributed by atoms with Crippen LogP contribution in [0.5, 0.6) is 5.88 Å². The lowest BCUT2D eigenvalue weighted by Crippen LogP contribution is -2.38. The van der Waals surface area contributed by atoms with Crippen LogP contribution in [-0.2, 0) is 4.79 Å². The maximum atomic E-state index is 12.3. The van der Waals surface area contributed by atoms with Gasteiger partial charge in [0.15, 0.2) is 6.61 Å². The van der Waals surface area contributed by atoms with E-state index in [1.807, 2.05) is 0 Å². The lowest BCUT2D eigenvalue weighted by Gasteiger charge is -2.30. The molecule has 1 aliphatic carbocycles. The lowest BCUT2D eigenvalue weighted by atomic mass is 9.97. The number of hydrogen-bond donors (Lipinski definition) is 1. The van der Waals surface area contributed by atoms with Crippen molar-refractivity contribution in [3.8, 4) is 5.88 Å². The summed E-state index contributed by atoms with van der Waals surface area (Å²) < 4.78 is 41.7. The van der Waals surface area contributed by atoms with Crippen LogP contribution in [0.2, 0.25) is 0 Å². The number of nitrogens with zero attached hydrogens (tertiary/aromatic N) is 2. The summed E-state index contributed by atoms with van der Waals surface area (Å²) in [6, 6.07) is 11.5. The minimum absolute atomic E-state index is 0.0598. The predicted molar refractivity (Wildman–Crippen MR) is 107 cm³/mol. The Bertz CT molecular complexity index is 880. The number of benzene rings is 1. The summed E-state index contributed by atoms with van der Waals surface area (Å²) in [7, 11) is 0. The predicted octanol–water partition coefficient (Wildman–Crippen LogP) is 4.36. The molecule has 2 aromatic rings. The van der Waals surface area contributed by atoms with Crippen molar-refractivity contribution in [1.29, 1.82) is 0 Å².